The Morgan fingerprint density at radius 1 is 0.800 bits per heavy atom. The Morgan fingerprint density at radius 3 is 1.77 bits per heavy atom. The van der Waals surface area contributed by atoms with Crippen LogP contribution < -0.4 is 0 Å². The zero-order chi connectivity index (χ0) is 25.1. The van der Waals surface area contributed by atoms with E-state index >= 15 is 0 Å². The van der Waals surface area contributed by atoms with Crippen molar-refractivity contribution in [2.75, 3.05) is 6.61 Å². The van der Waals surface area contributed by atoms with Gasteiger partial charge in [-0.1, -0.05) is 117 Å². The highest BCUT2D eigenvalue weighted by Crippen LogP contribution is 2.42. The van der Waals surface area contributed by atoms with Gasteiger partial charge in [-0.15, -0.1) is 0 Å². The first kappa shape index (κ1) is 27.1. The standard InChI is InChI=1S/C31H34O2S2/c1-5-33-25(21-28(32)24-15-9-6-10-16-24)22-29(34-26-17-11-7-12-18-26)30(23-31(2,3)4)35-27-19-13-8-14-20-27/h6-20,22-23,25H,5,21H2,1-4H3/b29-22-,30-23-. The van der Waals surface area contributed by atoms with Crippen molar-refractivity contribution in [2.24, 2.45) is 5.41 Å². The molecule has 0 aromatic heterocycles. The topological polar surface area (TPSA) is 26.3 Å². The lowest BCUT2D eigenvalue weighted by molar-refractivity contribution is 0.0725. The molecule has 3 aromatic rings. The molecular formula is C31H34O2S2. The molecule has 0 bridgehead atoms. The van der Waals surface area contributed by atoms with E-state index in [1.54, 1.807) is 23.5 Å². The quantitative estimate of drug-likeness (QED) is 0.148. The maximum atomic E-state index is 13.0. The van der Waals surface area contributed by atoms with Crippen molar-refractivity contribution in [3.05, 3.63) is 119 Å². The minimum absolute atomic E-state index is 0.0194. The molecule has 3 aromatic carbocycles. The Morgan fingerprint density at radius 2 is 1.29 bits per heavy atom. The summed E-state index contributed by atoms with van der Waals surface area (Å²) < 4.78 is 6.09. The fourth-order valence-electron chi connectivity index (χ4n) is 3.42. The Hall–Kier alpha value is -2.53. The summed E-state index contributed by atoms with van der Waals surface area (Å²) in [5, 5.41) is 0. The van der Waals surface area contributed by atoms with Crippen LogP contribution in [0.5, 0.6) is 0 Å². The maximum absolute atomic E-state index is 13.0. The van der Waals surface area contributed by atoms with Gasteiger partial charge in [0.15, 0.2) is 5.78 Å². The zero-order valence-electron chi connectivity index (χ0n) is 20.9. The molecule has 0 saturated heterocycles. The number of allylic oxidation sites excluding steroid dienone is 1. The van der Waals surface area contributed by atoms with Crippen LogP contribution in [0.15, 0.2) is 123 Å². The third-order valence-electron chi connectivity index (χ3n) is 4.95. The van der Waals surface area contributed by atoms with E-state index in [1.165, 1.54) is 4.90 Å². The third kappa shape index (κ3) is 9.56. The highest BCUT2D eigenvalue weighted by atomic mass is 32.2. The Bertz CT molecular complexity index is 1110. The summed E-state index contributed by atoms with van der Waals surface area (Å²) >= 11 is 3.46. The van der Waals surface area contributed by atoms with Gasteiger partial charge in [0.1, 0.15) is 0 Å². The highest BCUT2D eigenvalue weighted by molar-refractivity contribution is 8.08. The molecule has 0 spiro atoms. The average Bonchev–Trinajstić information content (AvgIpc) is 2.84. The van der Waals surface area contributed by atoms with Crippen molar-refractivity contribution in [1.82, 2.24) is 0 Å². The lowest BCUT2D eigenvalue weighted by Crippen LogP contribution is -2.16. The SMILES string of the molecule is CCOC(/C=C(Sc1ccccc1)/C(=C/C(C)(C)C)Sc1ccccc1)CC(=O)c1ccccc1. The second kappa shape index (κ2) is 13.5. The Labute approximate surface area is 218 Å². The van der Waals surface area contributed by atoms with E-state index in [-0.39, 0.29) is 17.3 Å². The molecule has 182 valence electrons. The van der Waals surface area contributed by atoms with Gasteiger partial charge < -0.3 is 4.74 Å². The molecule has 0 aliphatic heterocycles. The maximum Gasteiger partial charge on any atom is 0.165 e. The summed E-state index contributed by atoms with van der Waals surface area (Å²) in [4.78, 5) is 17.6. The van der Waals surface area contributed by atoms with Crippen molar-refractivity contribution in [3.8, 4) is 0 Å². The van der Waals surface area contributed by atoms with E-state index in [1.807, 2.05) is 49.4 Å². The average molecular weight is 503 g/mol. The number of hydrogen-bond donors (Lipinski definition) is 0. The molecule has 0 fully saturated rings. The van der Waals surface area contributed by atoms with Crippen LogP contribution in [-0.4, -0.2) is 18.5 Å². The normalized spacial score (nSPS) is 13.5. The van der Waals surface area contributed by atoms with Crippen molar-refractivity contribution < 1.29 is 9.53 Å². The molecule has 35 heavy (non-hydrogen) atoms. The van der Waals surface area contributed by atoms with E-state index in [9.17, 15) is 4.79 Å². The van der Waals surface area contributed by atoms with Crippen LogP contribution >= 0.6 is 23.5 Å². The minimum atomic E-state index is -0.321. The lowest BCUT2D eigenvalue weighted by atomic mass is 9.96. The molecule has 0 aliphatic carbocycles. The van der Waals surface area contributed by atoms with Gasteiger partial charge >= 0.3 is 0 Å². The Kier molecular flexibility index (Phi) is 10.5. The number of carbonyl (C=O) groups excluding carboxylic acids is 1. The van der Waals surface area contributed by atoms with Crippen LogP contribution in [0.2, 0.25) is 0 Å². The van der Waals surface area contributed by atoms with Gasteiger partial charge in [0.2, 0.25) is 0 Å². The molecule has 0 N–H and O–H groups in total. The largest absolute Gasteiger partial charge is 0.374 e. The van der Waals surface area contributed by atoms with Gasteiger partial charge in [-0.2, -0.15) is 0 Å². The number of rotatable bonds is 11. The van der Waals surface area contributed by atoms with Crippen LogP contribution in [0.1, 0.15) is 44.5 Å². The number of thioether (sulfide) groups is 2. The van der Waals surface area contributed by atoms with E-state index in [4.69, 9.17) is 4.74 Å². The fraction of sp³-hybridized carbons (Fsp3) is 0.258. The molecule has 4 heteroatoms. The van der Waals surface area contributed by atoms with Gasteiger partial charge in [0.25, 0.3) is 0 Å². The van der Waals surface area contributed by atoms with Crippen LogP contribution in [0.25, 0.3) is 0 Å². The van der Waals surface area contributed by atoms with Crippen LogP contribution in [-0.2, 0) is 4.74 Å². The zero-order valence-corrected chi connectivity index (χ0v) is 22.6. The molecule has 0 amide bonds. The number of ketones is 1. The van der Waals surface area contributed by atoms with E-state index in [0.29, 0.717) is 18.6 Å². The third-order valence-corrected chi connectivity index (χ3v) is 7.23. The van der Waals surface area contributed by atoms with Crippen LogP contribution in [0, 0.1) is 5.41 Å². The number of carbonyl (C=O) groups is 1. The predicted octanol–water partition coefficient (Wildman–Crippen LogP) is 9.06. The number of benzene rings is 3. The summed E-state index contributed by atoms with van der Waals surface area (Å²) in [6.07, 6.45) is 4.43. The summed E-state index contributed by atoms with van der Waals surface area (Å²) in [7, 11) is 0. The number of Topliss-reactive ketones (excluding diaryl/α,β-unsaturated/α-hetero) is 1. The molecule has 3 rings (SSSR count). The van der Waals surface area contributed by atoms with Gasteiger partial charge in [-0.3, -0.25) is 4.79 Å². The first-order valence-electron chi connectivity index (χ1n) is 11.9. The van der Waals surface area contributed by atoms with Gasteiger partial charge in [-0.25, -0.2) is 0 Å². The van der Waals surface area contributed by atoms with E-state index in [0.717, 1.165) is 14.7 Å². The molecule has 0 saturated carbocycles. The molecule has 1 unspecified atom stereocenters. The highest BCUT2D eigenvalue weighted by Gasteiger charge is 2.19. The first-order chi connectivity index (χ1) is 16.8. The Balaban J connectivity index is 2.01. The van der Waals surface area contributed by atoms with Gasteiger partial charge in [-0.05, 0) is 42.7 Å². The van der Waals surface area contributed by atoms with Crippen molar-refractivity contribution in [2.45, 2.75) is 50.0 Å². The van der Waals surface area contributed by atoms with E-state index < -0.39 is 0 Å². The van der Waals surface area contributed by atoms with Gasteiger partial charge in [0.05, 0.1) is 6.10 Å². The first-order valence-corrected chi connectivity index (χ1v) is 13.6. The number of hydrogen-bond acceptors (Lipinski definition) is 4. The molecule has 2 nitrogen and oxygen atoms in total. The van der Waals surface area contributed by atoms with E-state index in [2.05, 4.69) is 81.5 Å². The van der Waals surface area contributed by atoms with Crippen molar-refractivity contribution in [3.63, 3.8) is 0 Å². The van der Waals surface area contributed by atoms with Crippen molar-refractivity contribution >= 4 is 29.3 Å². The smallest absolute Gasteiger partial charge is 0.165 e. The van der Waals surface area contributed by atoms with Crippen LogP contribution in [0.3, 0.4) is 0 Å². The second-order valence-corrected chi connectivity index (χ2v) is 11.5. The summed E-state index contributed by atoms with van der Waals surface area (Å²) in [5.74, 6) is 0.0847. The molecule has 0 heterocycles. The molecule has 0 aliphatic rings. The minimum Gasteiger partial charge on any atom is -0.374 e. The molecule has 0 radical (unpaired) electrons. The second-order valence-electron chi connectivity index (χ2n) is 9.22. The van der Waals surface area contributed by atoms with Crippen molar-refractivity contribution in [1.29, 1.82) is 0 Å². The molecular weight excluding hydrogens is 468 g/mol. The molecule has 1 atom stereocenters. The summed E-state index contributed by atoms with van der Waals surface area (Å²) in [5.41, 5.74) is 0.695. The fourth-order valence-corrected chi connectivity index (χ4v) is 5.72. The van der Waals surface area contributed by atoms with Gasteiger partial charge in [0, 0.05) is 38.2 Å². The summed E-state index contributed by atoms with van der Waals surface area (Å²) in [6, 6.07) is 30.2. The summed E-state index contributed by atoms with van der Waals surface area (Å²) in [6.45, 7) is 9.14. The monoisotopic (exact) mass is 502 g/mol. The number of ether oxygens (including phenoxy) is 1. The van der Waals surface area contributed by atoms with Crippen LogP contribution in [0.4, 0.5) is 0 Å². The predicted molar refractivity (Wildman–Crippen MR) is 151 cm³/mol. The lowest BCUT2D eigenvalue weighted by Gasteiger charge is -2.21.